The third-order valence-corrected chi connectivity index (χ3v) is 7.22. The lowest BCUT2D eigenvalue weighted by Gasteiger charge is -2.39. The van der Waals surface area contributed by atoms with E-state index < -0.39 is 45.8 Å². The molecule has 0 heterocycles. The predicted octanol–water partition coefficient (Wildman–Crippen LogP) is 7.47. The van der Waals surface area contributed by atoms with Crippen molar-refractivity contribution in [1.29, 1.82) is 0 Å². The van der Waals surface area contributed by atoms with E-state index in [4.69, 9.17) is 0 Å². The second-order valence-corrected chi connectivity index (χ2v) is 9.74. The number of hydrogen-bond acceptors (Lipinski definition) is 4. The number of benzene rings is 4. The predicted molar refractivity (Wildman–Crippen MR) is 135 cm³/mol. The number of hydrogen-bond donors (Lipinski definition) is 4. The standard InChI is InChI=1S/C30H24F6O4/c1-27(19-2-9-23(37)10-3-19,20-4-11-24(38)12-5-20)17-18-16-22(8-15-26(18)40)28(29(31,32)33,30(34,35)36)21-6-13-25(39)14-7-21/h2-16,37-40H,17H2,1H3. The zero-order valence-electron chi connectivity index (χ0n) is 20.9. The molecule has 4 aromatic carbocycles. The average Bonchev–Trinajstić information content (AvgIpc) is 2.86. The van der Waals surface area contributed by atoms with Crippen LogP contribution < -0.4 is 0 Å². The molecule has 4 nitrogen and oxygen atoms in total. The summed E-state index contributed by atoms with van der Waals surface area (Å²) in [7, 11) is 0. The first kappa shape index (κ1) is 28.7. The van der Waals surface area contributed by atoms with Crippen molar-refractivity contribution in [1.82, 2.24) is 0 Å². The van der Waals surface area contributed by atoms with Crippen molar-refractivity contribution in [3.05, 3.63) is 119 Å². The Morgan fingerprint density at radius 2 is 0.850 bits per heavy atom. The van der Waals surface area contributed by atoms with Crippen LogP contribution in [0.1, 0.15) is 34.7 Å². The van der Waals surface area contributed by atoms with Crippen molar-refractivity contribution in [2.75, 3.05) is 0 Å². The van der Waals surface area contributed by atoms with Crippen LogP contribution in [-0.2, 0) is 17.3 Å². The van der Waals surface area contributed by atoms with Crippen LogP contribution in [0.2, 0.25) is 0 Å². The normalized spacial score (nSPS) is 12.9. The quantitative estimate of drug-likeness (QED) is 0.184. The van der Waals surface area contributed by atoms with Crippen LogP contribution in [-0.4, -0.2) is 32.8 Å². The Morgan fingerprint density at radius 1 is 0.500 bits per heavy atom. The molecule has 0 aliphatic heterocycles. The van der Waals surface area contributed by atoms with Gasteiger partial charge >= 0.3 is 12.4 Å². The van der Waals surface area contributed by atoms with Crippen molar-refractivity contribution in [2.45, 2.75) is 36.5 Å². The molecule has 0 radical (unpaired) electrons. The first-order valence-electron chi connectivity index (χ1n) is 11.9. The highest BCUT2D eigenvalue weighted by atomic mass is 19.4. The second-order valence-electron chi connectivity index (χ2n) is 9.74. The summed E-state index contributed by atoms with van der Waals surface area (Å²) < 4.78 is 87.8. The van der Waals surface area contributed by atoms with Gasteiger partial charge in [0.25, 0.3) is 0 Å². The highest BCUT2D eigenvalue weighted by Gasteiger charge is 2.72. The topological polar surface area (TPSA) is 80.9 Å². The van der Waals surface area contributed by atoms with Crippen molar-refractivity contribution in [3.63, 3.8) is 0 Å². The van der Waals surface area contributed by atoms with E-state index in [1.54, 1.807) is 31.2 Å². The van der Waals surface area contributed by atoms with Gasteiger partial charge in [0, 0.05) is 5.41 Å². The van der Waals surface area contributed by atoms with E-state index >= 15 is 0 Å². The zero-order valence-corrected chi connectivity index (χ0v) is 20.9. The maximum absolute atomic E-state index is 14.6. The van der Waals surface area contributed by atoms with Gasteiger partial charge in [0.05, 0.1) is 0 Å². The van der Waals surface area contributed by atoms with Gasteiger partial charge in [0.2, 0.25) is 5.41 Å². The Kier molecular flexibility index (Phi) is 7.17. The minimum absolute atomic E-state index is 0.0595. The number of halogens is 6. The highest BCUT2D eigenvalue weighted by molar-refractivity contribution is 5.51. The van der Waals surface area contributed by atoms with Crippen LogP contribution in [0.3, 0.4) is 0 Å². The molecular formula is C30H24F6O4. The molecule has 4 aromatic rings. The molecule has 0 aromatic heterocycles. The van der Waals surface area contributed by atoms with Gasteiger partial charge < -0.3 is 20.4 Å². The summed E-state index contributed by atoms with van der Waals surface area (Å²) in [5.74, 6) is -1.14. The Bertz CT molecular complexity index is 1420. The molecule has 0 amide bonds. The van der Waals surface area contributed by atoms with Crippen LogP contribution >= 0.6 is 0 Å². The lowest BCUT2D eigenvalue weighted by molar-refractivity contribution is -0.288. The number of aromatic hydroxyl groups is 4. The van der Waals surface area contributed by atoms with Gasteiger partial charge in [-0.2, -0.15) is 26.3 Å². The Labute approximate surface area is 225 Å². The van der Waals surface area contributed by atoms with Gasteiger partial charge in [-0.25, -0.2) is 0 Å². The first-order chi connectivity index (χ1) is 18.6. The lowest BCUT2D eigenvalue weighted by atomic mass is 9.69. The second kappa shape index (κ2) is 10.0. The van der Waals surface area contributed by atoms with Crippen LogP contribution in [0.5, 0.6) is 23.0 Å². The lowest BCUT2D eigenvalue weighted by Crippen LogP contribution is -2.54. The largest absolute Gasteiger partial charge is 0.508 e. The van der Waals surface area contributed by atoms with Crippen molar-refractivity contribution in [3.8, 4) is 23.0 Å². The van der Waals surface area contributed by atoms with E-state index in [-0.39, 0.29) is 23.5 Å². The average molecular weight is 563 g/mol. The van der Waals surface area contributed by atoms with E-state index in [0.29, 0.717) is 35.4 Å². The zero-order chi connectivity index (χ0) is 29.5. The molecule has 0 spiro atoms. The smallest absolute Gasteiger partial charge is 0.411 e. The van der Waals surface area contributed by atoms with Crippen LogP contribution in [0, 0.1) is 0 Å². The maximum Gasteiger partial charge on any atom is 0.411 e. The number of phenolic OH excluding ortho intramolecular Hbond substituents is 4. The molecule has 0 fully saturated rings. The summed E-state index contributed by atoms with van der Waals surface area (Å²) in [6.45, 7) is 1.68. The molecule has 210 valence electrons. The van der Waals surface area contributed by atoms with Gasteiger partial charge in [-0.05, 0) is 76.7 Å². The Hall–Kier alpha value is -4.34. The van der Waals surface area contributed by atoms with Crippen molar-refractivity contribution < 1.29 is 46.8 Å². The SMILES string of the molecule is CC(Cc1cc(C(c2ccc(O)cc2)(C(F)(F)F)C(F)(F)F)ccc1O)(c1ccc(O)cc1)c1ccc(O)cc1. The van der Waals surface area contributed by atoms with Crippen LogP contribution in [0.4, 0.5) is 26.3 Å². The molecule has 4 N–H and O–H groups in total. The minimum atomic E-state index is -5.85. The Balaban J connectivity index is 1.96. The minimum Gasteiger partial charge on any atom is -0.508 e. The Morgan fingerprint density at radius 3 is 1.23 bits per heavy atom. The summed E-state index contributed by atoms with van der Waals surface area (Å²) in [6.07, 6.45) is -12.0. The molecule has 0 atom stereocenters. The monoisotopic (exact) mass is 562 g/mol. The molecular weight excluding hydrogens is 538 g/mol. The molecule has 0 unspecified atom stereocenters. The van der Waals surface area contributed by atoms with Crippen molar-refractivity contribution >= 4 is 0 Å². The summed E-state index contributed by atoms with van der Waals surface area (Å²) in [6, 6.07) is 16.4. The molecule has 0 bridgehead atoms. The summed E-state index contributed by atoms with van der Waals surface area (Å²) in [4.78, 5) is 0. The number of rotatable bonds is 6. The number of alkyl halides is 6. The van der Waals surface area contributed by atoms with E-state index in [1.807, 2.05) is 0 Å². The molecule has 10 heteroatoms. The molecule has 0 aliphatic rings. The summed E-state index contributed by atoms with van der Waals surface area (Å²) >= 11 is 0. The van der Waals surface area contributed by atoms with Crippen LogP contribution in [0.25, 0.3) is 0 Å². The molecule has 0 saturated carbocycles. The van der Waals surface area contributed by atoms with E-state index in [9.17, 15) is 46.8 Å². The van der Waals surface area contributed by atoms with Crippen molar-refractivity contribution in [2.24, 2.45) is 0 Å². The molecule has 40 heavy (non-hydrogen) atoms. The van der Waals surface area contributed by atoms with Crippen LogP contribution in [0.15, 0.2) is 91.0 Å². The third kappa shape index (κ3) is 4.89. The van der Waals surface area contributed by atoms with Gasteiger partial charge in [-0.1, -0.05) is 55.5 Å². The number of phenols is 4. The molecule has 0 aliphatic carbocycles. The van der Waals surface area contributed by atoms with Gasteiger partial charge in [-0.15, -0.1) is 0 Å². The molecule has 0 saturated heterocycles. The summed E-state index contributed by atoms with van der Waals surface area (Å²) in [5.41, 5.74) is -7.03. The van der Waals surface area contributed by atoms with E-state index in [2.05, 4.69) is 0 Å². The van der Waals surface area contributed by atoms with Gasteiger partial charge in [0.15, 0.2) is 0 Å². The first-order valence-corrected chi connectivity index (χ1v) is 11.9. The fourth-order valence-corrected chi connectivity index (χ4v) is 5.06. The highest BCUT2D eigenvalue weighted by Crippen LogP contribution is 2.57. The van der Waals surface area contributed by atoms with E-state index in [0.717, 1.165) is 18.2 Å². The molecule has 4 rings (SSSR count). The summed E-state index contributed by atoms with van der Waals surface area (Å²) in [5, 5.41) is 39.7. The van der Waals surface area contributed by atoms with E-state index in [1.165, 1.54) is 24.3 Å². The third-order valence-electron chi connectivity index (χ3n) is 7.22. The van der Waals surface area contributed by atoms with Gasteiger partial charge in [-0.3, -0.25) is 0 Å². The maximum atomic E-state index is 14.6. The fraction of sp³-hybridized carbons (Fsp3) is 0.200. The fourth-order valence-electron chi connectivity index (χ4n) is 5.06. The van der Waals surface area contributed by atoms with Gasteiger partial charge in [0.1, 0.15) is 23.0 Å².